The van der Waals surface area contributed by atoms with Crippen molar-refractivity contribution in [3.63, 3.8) is 0 Å². The van der Waals surface area contributed by atoms with Gasteiger partial charge in [-0.25, -0.2) is 9.18 Å². The lowest BCUT2D eigenvalue weighted by Gasteiger charge is -2.36. The fourth-order valence-corrected chi connectivity index (χ4v) is 4.67. The van der Waals surface area contributed by atoms with Crippen LogP contribution in [0, 0.1) is 5.82 Å². The second kappa shape index (κ2) is 10.4. The van der Waals surface area contributed by atoms with Crippen LogP contribution in [0.4, 0.5) is 22.4 Å². The van der Waals surface area contributed by atoms with Crippen LogP contribution in [0.3, 0.4) is 0 Å². The summed E-state index contributed by atoms with van der Waals surface area (Å²) in [4.78, 5) is 17.5. The molecule has 0 saturated heterocycles. The number of nitrogens with zero attached hydrogens (tertiary/aromatic N) is 1. The molecular formula is C26H24ClF4N3O2. The topological polar surface area (TPSA) is 74.2 Å². The molecule has 0 aliphatic heterocycles. The monoisotopic (exact) mass is 521 g/mol. The molecule has 1 aromatic heterocycles. The molecule has 1 heterocycles. The molecule has 2 unspecified atom stereocenters. The Morgan fingerprint density at radius 3 is 2.39 bits per heavy atom. The number of rotatable bonds is 6. The lowest BCUT2D eigenvalue weighted by atomic mass is 9.79. The van der Waals surface area contributed by atoms with Crippen molar-refractivity contribution in [2.24, 2.45) is 0 Å². The number of aliphatic hydroxyl groups is 1. The van der Waals surface area contributed by atoms with Crippen molar-refractivity contribution in [1.29, 1.82) is 0 Å². The van der Waals surface area contributed by atoms with Gasteiger partial charge < -0.3 is 15.7 Å². The predicted octanol–water partition coefficient (Wildman–Crippen LogP) is 5.59. The Bertz CT molecular complexity index is 1210. The van der Waals surface area contributed by atoms with Crippen LogP contribution in [0.1, 0.15) is 41.6 Å². The molecular weight excluding hydrogens is 498 g/mol. The van der Waals surface area contributed by atoms with Crippen molar-refractivity contribution >= 4 is 17.6 Å². The zero-order valence-electron chi connectivity index (χ0n) is 19.0. The first-order chi connectivity index (χ1) is 17.0. The van der Waals surface area contributed by atoms with E-state index < -0.39 is 35.2 Å². The maximum Gasteiger partial charge on any atom is 0.416 e. The number of hydrogen-bond donors (Lipinski definition) is 3. The average molecular weight is 522 g/mol. The van der Waals surface area contributed by atoms with E-state index in [1.165, 1.54) is 18.3 Å². The molecule has 0 bridgehead atoms. The second-order valence-corrected chi connectivity index (χ2v) is 9.35. The molecule has 1 aliphatic rings. The highest BCUT2D eigenvalue weighted by atomic mass is 35.5. The van der Waals surface area contributed by atoms with Gasteiger partial charge in [0.15, 0.2) is 0 Å². The number of carbonyl (C=O) groups is 1. The van der Waals surface area contributed by atoms with Crippen LogP contribution in [0.2, 0.25) is 5.02 Å². The Labute approximate surface area is 210 Å². The van der Waals surface area contributed by atoms with Crippen LogP contribution in [0.15, 0.2) is 66.9 Å². The number of nitrogens with one attached hydrogen (secondary N) is 2. The van der Waals surface area contributed by atoms with Crippen molar-refractivity contribution in [3.8, 4) is 0 Å². The van der Waals surface area contributed by atoms with E-state index >= 15 is 0 Å². The highest BCUT2D eigenvalue weighted by molar-refractivity contribution is 6.30. The maximum atomic E-state index is 14.6. The molecule has 1 aliphatic carbocycles. The molecule has 3 atom stereocenters. The molecule has 1 fully saturated rings. The van der Waals surface area contributed by atoms with Crippen LogP contribution in [-0.4, -0.2) is 28.3 Å². The summed E-state index contributed by atoms with van der Waals surface area (Å²) in [5.41, 5.74) is -2.16. The molecule has 2 amide bonds. The molecule has 0 radical (unpaired) electrons. The number of aromatic nitrogens is 1. The van der Waals surface area contributed by atoms with Gasteiger partial charge in [0, 0.05) is 18.7 Å². The van der Waals surface area contributed by atoms with Gasteiger partial charge in [0.05, 0.1) is 22.4 Å². The summed E-state index contributed by atoms with van der Waals surface area (Å²) in [6.45, 7) is 0. The van der Waals surface area contributed by atoms with E-state index in [1.807, 2.05) is 0 Å². The summed E-state index contributed by atoms with van der Waals surface area (Å²) >= 11 is 6.02. The highest BCUT2D eigenvalue weighted by Crippen LogP contribution is 2.38. The van der Waals surface area contributed by atoms with E-state index in [2.05, 4.69) is 15.6 Å². The molecule has 4 rings (SSSR count). The Kier molecular flexibility index (Phi) is 7.51. The van der Waals surface area contributed by atoms with Gasteiger partial charge in [-0.15, -0.1) is 0 Å². The van der Waals surface area contributed by atoms with E-state index in [9.17, 15) is 27.5 Å². The van der Waals surface area contributed by atoms with Gasteiger partial charge in [0.25, 0.3) is 0 Å². The van der Waals surface area contributed by atoms with Crippen LogP contribution in [-0.2, 0) is 18.1 Å². The minimum atomic E-state index is -4.81. The fraction of sp³-hybridized carbons (Fsp3) is 0.308. The molecule has 10 heteroatoms. The largest absolute Gasteiger partial charge is 0.416 e. The molecule has 190 valence electrons. The summed E-state index contributed by atoms with van der Waals surface area (Å²) in [5.74, 6) is -1.10. The number of urea groups is 1. The summed E-state index contributed by atoms with van der Waals surface area (Å²) in [7, 11) is 0. The number of amides is 2. The van der Waals surface area contributed by atoms with Gasteiger partial charge in [-0.3, -0.25) is 4.98 Å². The van der Waals surface area contributed by atoms with E-state index in [4.69, 9.17) is 11.6 Å². The zero-order valence-corrected chi connectivity index (χ0v) is 19.8. The number of pyridine rings is 1. The normalized spacial score (nSPS) is 19.5. The number of benzene rings is 2. The molecule has 3 N–H and O–H groups in total. The van der Waals surface area contributed by atoms with E-state index in [0.29, 0.717) is 30.9 Å². The zero-order chi connectivity index (χ0) is 25.9. The molecule has 3 aromatic rings. The summed E-state index contributed by atoms with van der Waals surface area (Å²) in [6, 6.07) is 13.0. The number of halogens is 5. The first kappa shape index (κ1) is 25.9. The number of carbonyl (C=O) groups excluding carboxylic acids is 1. The summed E-state index contributed by atoms with van der Waals surface area (Å²) in [5, 5.41) is 15.7. The number of aliphatic hydroxyl groups excluding tert-OH is 1. The lowest BCUT2D eigenvalue weighted by Crippen LogP contribution is -2.54. The van der Waals surface area contributed by atoms with Crippen LogP contribution >= 0.6 is 11.6 Å². The van der Waals surface area contributed by atoms with Gasteiger partial charge in [-0.05, 0) is 60.7 Å². The third kappa shape index (κ3) is 5.96. The smallest absolute Gasteiger partial charge is 0.393 e. The molecule has 1 saturated carbocycles. The first-order valence-electron chi connectivity index (χ1n) is 11.4. The minimum absolute atomic E-state index is 0.0239. The Balaban J connectivity index is 1.87. The molecule has 0 spiro atoms. The maximum absolute atomic E-state index is 14.6. The minimum Gasteiger partial charge on any atom is -0.393 e. The van der Waals surface area contributed by atoms with Gasteiger partial charge in [-0.2, -0.15) is 13.2 Å². The van der Waals surface area contributed by atoms with Crippen LogP contribution in [0.5, 0.6) is 0 Å². The van der Waals surface area contributed by atoms with E-state index in [-0.39, 0.29) is 28.7 Å². The second-order valence-electron chi connectivity index (χ2n) is 8.92. The van der Waals surface area contributed by atoms with Gasteiger partial charge in [0.1, 0.15) is 11.4 Å². The van der Waals surface area contributed by atoms with Gasteiger partial charge in [-0.1, -0.05) is 41.9 Å². The third-order valence-corrected chi connectivity index (χ3v) is 6.49. The average Bonchev–Trinajstić information content (AvgIpc) is 3.23. The van der Waals surface area contributed by atoms with E-state index in [0.717, 1.165) is 12.1 Å². The highest BCUT2D eigenvalue weighted by Gasteiger charge is 2.41. The number of hydrogen-bond acceptors (Lipinski definition) is 3. The summed E-state index contributed by atoms with van der Waals surface area (Å²) in [6.07, 6.45) is -2.63. The fourth-order valence-electron chi connectivity index (χ4n) is 4.56. The third-order valence-electron chi connectivity index (χ3n) is 6.26. The van der Waals surface area contributed by atoms with Crippen molar-refractivity contribution in [3.05, 3.63) is 100 Å². The first-order valence-corrected chi connectivity index (χ1v) is 11.7. The molecule has 5 nitrogen and oxygen atoms in total. The quantitative estimate of drug-likeness (QED) is 0.370. The standard InChI is InChI=1S/C26H24ClF4N3O2/c27-19-6-9-23(32-15-19)25(14-16-4-2-1-3-5-16,34-24(36)33-21-7-8-22(35)13-21)17-10-18(26(29,30)31)12-20(28)11-17/h1-6,9-12,15,21-22,35H,7-8,13-14H2,(H2,33,34,36)/t21?,22?,25-/m0/s1. The van der Waals surface area contributed by atoms with Gasteiger partial charge >= 0.3 is 12.2 Å². The number of alkyl halides is 3. The van der Waals surface area contributed by atoms with Crippen molar-refractivity contribution < 1.29 is 27.5 Å². The van der Waals surface area contributed by atoms with Crippen molar-refractivity contribution in [2.75, 3.05) is 0 Å². The SMILES string of the molecule is O=C(NC1CCC(O)C1)N[C@@](Cc1ccccc1)(c1cc(F)cc(C(F)(F)F)c1)c1ccc(Cl)cn1. The Morgan fingerprint density at radius 2 is 1.78 bits per heavy atom. The molecule has 36 heavy (non-hydrogen) atoms. The van der Waals surface area contributed by atoms with Crippen LogP contribution in [0.25, 0.3) is 0 Å². The summed E-state index contributed by atoms with van der Waals surface area (Å²) < 4.78 is 55.6. The predicted molar refractivity (Wildman–Crippen MR) is 127 cm³/mol. The van der Waals surface area contributed by atoms with E-state index in [1.54, 1.807) is 30.3 Å². The lowest BCUT2D eigenvalue weighted by molar-refractivity contribution is -0.137. The Hall–Kier alpha value is -3.17. The van der Waals surface area contributed by atoms with Crippen LogP contribution < -0.4 is 10.6 Å². The van der Waals surface area contributed by atoms with Crippen molar-refractivity contribution in [2.45, 2.75) is 49.5 Å². The van der Waals surface area contributed by atoms with Gasteiger partial charge in [0.2, 0.25) is 0 Å². The Morgan fingerprint density at radius 1 is 1.06 bits per heavy atom. The van der Waals surface area contributed by atoms with Crippen molar-refractivity contribution in [1.82, 2.24) is 15.6 Å². The molecule has 2 aromatic carbocycles.